The molecule has 18 heteroatoms. The number of carboxylic acid groups (broad SMARTS) is 1. The number of alkyl halides is 3. The number of anilines is 4. The highest BCUT2D eigenvalue weighted by molar-refractivity contribution is 7.89. The van der Waals surface area contributed by atoms with Crippen molar-refractivity contribution in [2.75, 3.05) is 17.7 Å². The summed E-state index contributed by atoms with van der Waals surface area (Å²) < 4.78 is 78.1. The molecule has 0 saturated heterocycles. The van der Waals surface area contributed by atoms with Crippen LogP contribution in [-0.4, -0.2) is 69.4 Å². The molecular formula is C32H32F4N8O5S. The zero-order chi connectivity index (χ0) is 35.9. The lowest BCUT2D eigenvalue weighted by atomic mass is 9.91. The van der Waals surface area contributed by atoms with E-state index in [4.69, 9.17) is 14.5 Å². The molecule has 0 bridgehead atoms. The minimum absolute atomic E-state index is 0.0665. The monoisotopic (exact) mass is 716 g/mol. The van der Waals surface area contributed by atoms with Crippen LogP contribution in [0.5, 0.6) is 0 Å². The Morgan fingerprint density at radius 1 is 0.920 bits per heavy atom. The molecule has 5 aromatic rings. The van der Waals surface area contributed by atoms with E-state index in [-0.39, 0.29) is 16.8 Å². The van der Waals surface area contributed by atoms with E-state index >= 15 is 0 Å². The van der Waals surface area contributed by atoms with Crippen molar-refractivity contribution in [3.8, 4) is 0 Å². The predicted molar refractivity (Wildman–Crippen MR) is 175 cm³/mol. The molecule has 0 radical (unpaired) electrons. The fourth-order valence-corrected chi connectivity index (χ4v) is 6.63. The zero-order valence-corrected chi connectivity index (χ0v) is 27.2. The number of benzene rings is 3. The van der Waals surface area contributed by atoms with Crippen LogP contribution < -0.4 is 16.0 Å². The molecule has 0 amide bonds. The van der Waals surface area contributed by atoms with Gasteiger partial charge in [0.05, 0.1) is 4.90 Å². The van der Waals surface area contributed by atoms with Gasteiger partial charge < -0.3 is 21.1 Å². The van der Waals surface area contributed by atoms with Gasteiger partial charge in [-0.3, -0.25) is 0 Å². The Hall–Kier alpha value is -5.20. The maximum atomic E-state index is 13.4. The second-order valence-electron chi connectivity index (χ2n) is 11.3. The summed E-state index contributed by atoms with van der Waals surface area (Å²) in [6.45, 7) is 0.701. The molecule has 6 rings (SSSR count). The van der Waals surface area contributed by atoms with E-state index in [2.05, 4.69) is 36.2 Å². The summed E-state index contributed by atoms with van der Waals surface area (Å²) in [6.07, 6.45) is -0.168. The number of halogens is 4. The Bertz CT molecular complexity index is 2000. The second kappa shape index (κ2) is 15.6. The van der Waals surface area contributed by atoms with Gasteiger partial charge in [-0.05, 0) is 108 Å². The minimum Gasteiger partial charge on any atom is -0.475 e. The van der Waals surface area contributed by atoms with Crippen LogP contribution in [0.3, 0.4) is 0 Å². The van der Waals surface area contributed by atoms with Gasteiger partial charge >= 0.3 is 12.1 Å². The van der Waals surface area contributed by atoms with Crippen LogP contribution in [0.15, 0.2) is 88.5 Å². The van der Waals surface area contributed by atoms with Gasteiger partial charge in [-0.15, -0.1) is 0 Å². The molecule has 0 spiro atoms. The van der Waals surface area contributed by atoms with Crippen LogP contribution in [0.25, 0.3) is 11.0 Å². The predicted octanol–water partition coefficient (Wildman–Crippen LogP) is 5.99. The van der Waals surface area contributed by atoms with Crippen molar-refractivity contribution < 1.29 is 40.5 Å². The molecule has 0 unspecified atom stereocenters. The normalized spacial score (nSPS) is 16.4. The quantitative estimate of drug-likeness (QED) is 0.124. The SMILES string of the molecule is CN(C1CCC(NCc2ccc3nonc3c2)CC1)S(=O)(=O)c1ccc(Nc2nccc(Nc3ccc(F)cc3)n2)cc1.O=C(O)C(F)(F)F. The fraction of sp³-hybridized carbons (Fsp3) is 0.281. The smallest absolute Gasteiger partial charge is 0.475 e. The molecular weight excluding hydrogens is 684 g/mol. The first-order chi connectivity index (χ1) is 23.8. The molecule has 1 aliphatic rings. The molecule has 2 heterocycles. The lowest BCUT2D eigenvalue weighted by Gasteiger charge is -2.34. The van der Waals surface area contributed by atoms with Gasteiger partial charge in [-0.1, -0.05) is 6.07 Å². The van der Waals surface area contributed by atoms with E-state index in [0.717, 1.165) is 42.3 Å². The number of fused-ring (bicyclic) bond motifs is 1. The number of hydrogen-bond donors (Lipinski definition) is 4. The number of nitrogens with zero attached hydrogens (tertiary/aromatic N) is 5. The summed E-state index contributed by atoms with van der Waals surface area (Å²) >= 11 is 0. The highest BCUT2D eigenvalue weighted by Gasteiger charge is 2.38. The van der Waals surface area contributed by atoms with E-state index in [9.17, 15) is 26.0 Å². The number of rotatable bonds is 10. The molecule has 0 aliphatic heterocycles. The number of hydrogen-bond acceptors (Lipinski definition) is 11. The number of nitrogens with one attached hydrogen (secondary N) is 3. The van der Waals surface area contributed by atoms with Crippen molar-refractivity contribution in [1.82, 2.24) is 29.9 Å². The van der Waals surface area contributed by atoms with Crippen LogP contribution in [0.1, 0.15) is 31.2 Å². The van der Waals surface area contributed by atoms with Crippen molar-refractivity contribution in [2.45, 2.75) is 55.4 Å². The van der Waals surface area contributed by atoms with Gasteiger partial charge in [0, 0.05) is 43.2 Å². The Labute approximate surface area is 283 Å². The molecule has 0 atom stereocenters. The third-order valence-corrected chi connectivity index (χ3v) is 9.85. The Morgan fingerprint density at radius 3 is 2.20 bits per heavy atom. The summed E-state index contributed by atoms with van der Waals surface area (Å²) in [5, 5.41) is 24.6. The van der Waals surface area contributed by atoms with Crippen molar-refractivity contribution in [1.29, 1.82) is 0 Å². The molecule has 1 aliphatic carbocycles. The Kier molecular flexibility index (Phi) is 11.2. The molecule has 13 nitrogen and oxygen atoms in total. The standard InChI is InChI=1S/C30H31FN8O3S.C2HF3O2/c1-39(25-11-7-22(8-12-25)33-19-20-2-15-27-28(18-20)38-42-37-27)43(40,41)26-13-9-24(10-14-26)35-30-32-17-16-29(36-30)34-23-5-3-21(31)4-6-23;3-2(4,5)1(6)7/h2-6,9-10,13-18,22,25,33H,7-8,11-12,19H2,1H3,(H2,32,34,35,36);(H,6,7). The number of carbonyl (C=O) groups is 1. The Balaban J connectivity index is 0.000000630. The second-order valence-corrected chi connectivity index (χ2v) is 13.3. The Morgan fingerprint density at radius 2 is 1.54 bits per heavy atom. The summed E-state index contributed by atoms with van der Waals surface area (Å²) in [6, 6.07) is 20.3. The first-order valence-corrected chi connectivity index (χ1v) is 16.7. The molecule has 3 aromatic carbocycles. The molecule has 1 fully saturated rings. The summed E-state index contributed by atoms with van der Waals surface area (Å²) in [5.74, 6) is -2.21. The largest absolute Gasteiger partial charge is 0.490 e. The van der Waals surface area contributed by atoms with E-state index < -0.39 is 22.2 Å². The average Bonchev–Trinajstić information content (AvgIpc) is 3.57. The molecule has 4 N–H and O–H groups in total. The van der Waals surface area contributed by atoms with Crippen molar-refractivity contribution in [3.05, 3.63) is 90.4 Å². The fourth-order valence-electron chi connectivity index (χ4n) is 5.21. The van der Waals surface area contributed by atoms with Gasteiger partial charge in [0.2, 0.25) is 16.0 Å². The number of sulfonamides is 1. The van der Waals surface area contributed by atoms with E-state index in [0.29, 0.717) is 35.7 Å². The van der Waals surface area contributed by atoms with Gasteiger partial charge in [0.15, 0.2) is 0 Å². The van der Waals surface area contributed by atoms with Crippen LogP contribution >= 0.6 is 0 Å². The minimum atomic E-state index is -5.08. The zero-order valence-electron chi connectivity index (χ0n) is 26.4. The first-order valence-electron chi connectivity index (χ1n) is 15.2. The topological polar surface area (TPSA) is 175 Å². The van der Waals surface area contributed by atoms with Crippen molar-refractivity contribution >= 4 is 50.2 Å². The van der Waals surface area contributed by atoms with Crippen LogP contribution in [-0.2, 0) is 21.4 Å². The van der Waals surface area contributed by atoms with Crippen LogP contribution in [0.4, 0.5) is 40.7 Å². The summed E-state index contributed by atoms with van der Waals surface area (Å²) in [4.78, 5) is 17.8. The highest BCUT2D eigenvalue weighted by Crippen LogP contribution is 2.28. The number of carboxylic acids is 1. The highest BCUT2D eigenvalue weighted by atomic mass is 32.2. The molecule has 1 saturated carbocycles. The van der Waals surface area contributed by atoms with E-state index in [1.807, 2.05) is 18.2 Å². The summed E-state index contributed by atoms with van der Waals surface area (Å²) in [5.41, 5.74) is 3.90. The van der Waals surface area contributed by atoms with Crippen molar-refractivity contribution in [2.24, 2.45) is 0 Å². The third-order valence-electron chi connectivity index (χ3n) is 7.93. The first kappa shape index (κ1) is 36.1. The number of aromatic nitrogens is 4. The van der Waals surface area contributed by atoms with Gasteiger partial charge in [-0.2, -0.15) is 22.5 Å². The summed E-state index contributed by atoms with van der Waals surface area (Å²) in [7, 11) is -2.00. The average molecular weight is 717 g/mol. The maximum Gasteiger partial charge on any atom is 0.490 e. The van der Waals surface area contributed by atoms with Crippen LogP contribution in [0, 0.1) is 5.82 Å². The molecule has 2 aromatic heterocycles. The van der Waals surface area contributed by atoms with Crippen molar-refractivity contribution in [3.63, 3.8) is 0 Å². The van der Waals surface area contributed by atoms with Gasteiger partial charge in [0.1, 0.15) is 22.7 Å². The van der Waals surface area contributed by atoms with E-state index in [1.165, 1.54) is 16.4 Å². The van der Waals surface area contributed by atoms with Gasteiger partial charge in [0.25, 0.3) is 0 Å². The maximum absolute atomic E-state index is 13.4. The third kappa shape index (κ3) is 9.48. The molecule has 264 valence electrons. The lowest BCUT2D eigenvalue weighted by Crippen LogP contribution is -2.43. The van der Waals surface area contributed by atoms with Gasteiger partial charge in [-0.25, -0.2) is 27.2 Å². The number of aliphatic carboxylic acids is 1. The lowest BCUT2D eigenvalue weighted by molar-refractivity contribution is -0.192. The van der Waals surface area contributed by atoms with E-state index in [1.54, 1.807) is 55.7 Å². The molecule has 50 heavy (non-hydrogen) atoms. The van der Waals surface area contributed by atoms with Crippen LogP contribution in [0.2, 0.25) is 0 Å².